The molecule has 0 radical (unpaired) electrons. The summed E-state index contributed by atoms with van der Waals surface area (Å²) in [5.74, 6) is -0.235. The predicted molar refractivity (Wildman–Crippen MR) is 95.3 cm³/mol. The fourth-order valence-corrected chi connectivity index (χ4v) is 3.85. The van der Waals surface area contributed by atoms with E-state index in [1.807, 2.05) is 18.2 Å². The van der Waals surface area contributed by atoms with Crippen molar-refractivity contribution >= 4 is 21.4 Å². The minimum atomic E-state index is -3.31. The Hall–Kier alpha value is -2.08. The molecular formula is C18H21FN2O2S. The lowest BCUT2D eigenvalue weighted by atomic mass is 9.74. The molecule has 0 bridgehead atoms. The average molecular weight is 348 g/mol. The average Bonchev–Trinajstić information content (AvgIpc) is 2.46. The summed E-state index contributed by atoms with van der Waals surface area (Å²) in [6, 6.07) is 12.2. The van der Waals surface area contributed by atoms with Crippen LogP contribution in [0.3, 0.4) is 0 Å². The van der Waals surface area contributed by atoms with Gasteiger partial charge in [0.15, 0.2) is 0 Å². The van der Waals surface area contributed by atoms with Crippen molar-refractivity contribution in [3.05, 3.63) is 59.4 Å². The third-order valence-corrected chi connectivity index (χ3v) is 4.95. The molecule has 1 aliphatic heterocycles. The molecule has 128 valence electrons. The van der Waals surface area contributed by atoms with Crippen LogP contribution >= 0.6 is 0 Å². The van der Waals surface area contributed by atoms with Crippen LogP contribution in [0.1, 0.15) is 37.4 Å². The van der Waals surface area contributed by atoms with Gasteiger partial charge in [0, 0.05) is 11.4 Å². The molecule has 2 aromatic rings. The van der Waals surface area contributed by atoms with E-state index in [1.165, 1.54) is 6.07 Å². The number of halogens is 1. The monoisotopic (exact) mass is 348 g/mol. The second kappa shape index (κ2) is 5.77. The van der Waals surface area contributed by atoms with E-state index in [0.717, 1.165) is 29.5 Å². The van der Waals surface area contributed by atoms with Gasteiger partial charge in [-0.2, -0.15) is 0 Å². The van der Waals surface area contributed by atoms with E-state index in [2.05, 4.69) is 23.9 Å². The second-order valence-corrected chi connectivity index (χ2v) is 8.72. The smallest absolute Gasteiger partial charge is 0.229 e. The van der Waals surface area contributed by atoms with E-state index in [1.54, 1.807) is 18.2 Å². The van der Waals surface area contributed by atoms with E-state index in [-0.39, 0.29) is 17.3 Å². The van der Waals surface area contributed by atoms with Crippen molar-refractivity contribution in [1.82, 2.24) is 0 Å². The molecule has 0 saturated carbocycles. The fourth-order valence-electron chi connectivity index (χ4n) is 3.30. The van der Waals surface area contributed by atoms with E-state index < -0.39 is 10.0 Å². The molecule has 3 rings (SSSR count). The van der Waals surface area contributed by atoms with Gasteiger partial charge in [-0.1, -0.05) is 26.0 Å². The van der Waals surface area contributed by atoms with Gasteiger partial charge >= 0.3 is 0 Å². The number of hydrogen-bond donors (Lipinski definition) is 2. The Morgan fingerprint density at radius 3 is 2.67 bits per heavy atom. The van der Waals surface area contributed by atoms with E-state index in [4.69, 9.17) is 0 Å². The largest absolute Gasteiger partial charge is 0.378 e. The van der Waals surface area contributed by atoms with Crippen molar-refractivity contribution < 1.29 is 12.8 Å². The Kier molecular flexibility index (Phi) is 4.03. The SMILES string of the molecule is CC1(C)CC(c2cccc(NS(C)(=O)=O)c2)Nc2ccc(F)cc21. The highest BCUT2D eigenvalue weighted by Gasteiger charge is 2.33. The predicted octanol–water partition coefficient (Wildman–Crippen LogP) is 4.03. The first-order valence-corrected chi connectivity index (χ1v) is 9.67. The highest BCUT2D eigenvalue weighted by molar-refractivity contribution is 7.92. The van der Waals surface area contributed by atoms with E-state index >= 15 is 0 Å². The van der Waals surface area contributed by atoms with Crippen LogP contribution in [-0.2, 0) is 15.4 Å². The van der Waals surface area contributed by atoms with Gasteiger partial charge < -0.3 is 5.32 Å². The zero-order chi connectivity index (χ0) is 17.5. The number of sulfonamides is 1. The molecule has 2 aromatic carbocycles. The molecule has 0 aromatic heterocycles. The second-order valence-electron chi connectivity index (χ2n) is 6.97. The summed E-state index contributed by atoms with van der Waals surface area (Å²) in [7, 11) is -3.31. The lowest BCUT2D eigenvalue weighted by Gasteiger charge is -2.39. The van der Waals surface area contributed by atoms with E-state index in [9.17, 15) is 12.8 Å². The van der Waals surface area contributed by atoms with Gasteiger partial charge in [0.2, 0.25) is 10.0 Å². The van der Waals surface area contributed by atoms with Crippen molar-refractivity contribution in [1.29, 1.82) is 0 Å². The van der Waals surface area contributed by atoms with Gasteiger partial charge in [0.1, 0.15) is 5.82 Å². The molecule has 6 heteroatoms. The maximum absolute atomic E-state index is 13.6. The van der Waals surface area contributed by atoms with Crippen molar-refractivity contribution in [2.24, 2.45) is 0 Å². The Bertz CT molecular complexity index is 878. The highest BCUT2D eigenvalue weighted by Crippen LogP contribution is 2.44. The molecule has 1 aliphatic rings. The number of nitrogens with one attached hydrogen (secondary N) is 2. The van der Waals surface area contributed by atoms with Crippen LogP contribution in [0.15, 0.2) is 42.5 Å². The van der Waals surface area contributed by atoms with Crippen LogP contribution in [0.25, 0.3) is 0 Å². The minimum Gasteiger partial charge on any atom is -0.378 e. The topological polar surface area (TPSA) is 58.2 Å². The standard InChI is InChI=1S/C18H21FN2O2S/c1-18(2)11-17(20-16-8-7-13(19)10-15(16)18)12-5-4-6-14(9-12)21-24(3,22)23/h4-10,17,20-21H,11H2,1-3H3. The Balaban J connectivity index is 1.94. The number of benzene rings is 2. The summed E-state index contributed by atoms with van der Waals surface area (Å²) < 4.78 is 38.9. The van der Waals surface area contributed by atoms with Crippen LogP contribution in [0.5, 0.6) is 0 Å². The summed E-state index contributed by atoms with van der Waals surface area (Å²) in [4.78, 5) is 0. The molecule has 2 N–H and O–H groups in total. The third kappa shape index (κ3) is 3.53. The minimum absolute atomic E-state index is 0.0271. The van der Waals surface area contributed by atoms with Crippen LogP contribution in [-0.4, -0.2) is 14.7 Å². The van der Waals surface area contributed by atoms with Crippen molar-refractivity contribution in [3.63, 3.8) is 0 Å². The Labute approximate surface area is 142 Å². The quantitative estimate of drug-likeness (QED) is 0.880. The van der Waals surface area contributed by atoms with Gasteiger partial charge in [-0.05, 0) is 53.3 Å². The maximum atomic E-state index is 13.6. The van der Waals surface area contributed by atoms with Crippen molar-refractivity contribution in [3.8, 4) is 0 Å². The lowest BCUT2D eigenvalue weighted by molar-refractivity contribution is 0.424. The zero-order valence-corrected chi connectivity index (χ0v) is 14.7. The molecular weight excluding hydrogens is 327 g/mol. The van der Waals surface area contributed by atoms with Crippen LogP contribution < -0.4 is 10.0 Å². The summed E-state index contributed by atoms with van der Waals surface area (Å²) in [6.45, 7) is 4.19. The van der Waals surface area contributed by atoms with Gasteiger partial charge in [0.05, 0.1) is 12.3 Å². The molecule has 4 nitrogen and oxygen atoms in total. The lowest BCUT2D eigenvalue weighted by Crippen LogP contribution is -2.31. The molecule has 1 unspecified atom stereocenters. The number of fused-ring (bicyclic) bond motifs is 1. The van der Waals surface area contributed by atoms with Crippen molar-refractivity contribution in [2.75, 3.05) is 16.3 Å². The van der Waals surface area contributed by atoms with Crippen LogP contribution in [0, 0.1) is 5.82 Å². The van der Waals surface area contributed by atoms with Gasteiger partial charge in [-0.15, -0.1) is 0 Å². The molecule has 0 aliphatic carbocycles. The molecule has 0 spiro atoms. The van der Waals surface area contributed by atoms with Crippen LogP contribution in [0.2, 0.25) is 0 Å². The summed E-state index contributed by atoms with van der Waals surface area (Å²) in [5.41, 5.74) is 3.22. The maximum Gasteiger partial charge on any atom is 0.229 e. The van der Waals surface area contributed by atoms with E-state index in [0.29, 0.717) is 5.69 Å². The Morgan fingerprint density at radius 2 is 1.96 bits per heavy atom. The highest BCUT2D eigenvalue weighted by atomic mass is 32.2. The Morgan fingerprint density at radius 1 is 1.21 bits per heavy atom. The number of hydrogen-bond acceptors (Lipinski definition) is 3. The normalized spacial score (nSPS) is 19.2. The van der Waals surface area contributed by atoms with Crippen LogP contribution in [0.4, 0.5) is 15.8 Å². The summed E-state index contributed by atoms with van der Waals surface area (Å²) in [5, 5.41) is 3.44. The molecule has 24 heavy (non-hydrogen) atoms. The zero-order valence-electron chi connectivity index (χ0n) is 13.9. The van der Waals surface area contributed by atoms with Crippen molar-refractivity contribution in [2.45, 2.75) is 31.7 Å². The summed E-state index contributed by atoms with van der Waals surface area (Å²) in [6.07, 6.45) is 1.91. The first-order valence-electron chi connectivity index (χ1n) is 7.78. The first kappa shape index (κ1) is 16.8. The van der Waals surface area contributed by atoms with Gasteiger partial charge in [0.25, 0.3) is 0 Å². The van der Waals surface area contributed by atoms with Gasteiger partial charge in [-0.25, -0.2) is 12.8 Å². The molecule has 0 fully saturated rings. The molecule has 0 saturated heterocycles. The molecule has 1 atom stereocenters. The summed E-state index contributed by atoms with van der Waals surface area (Å²) >= 11 is 0. The number of anilines is 2. The fraction of sp³-hybridized carbons (Fsp3) is 0.333. The molecule has 0 amide bonds. The molecule has 1 heterocycles. The number of rotatable bonds is 3. The van der Waals surface area contributed by atoms with Gasteiger partial charge in [-0.3, -0.25) is 4.72 Å². The third-order valence-electron chi connectivity index (χ3n) is 4.35. The first-order chi connectivity index (χ1) is 11.1.